The van der Waals surface area contributed by atoms with E-state index < -0.39 is 11.6 Å². The van der Waals surface area contributed by atoms with Gasteiger partial charge in [-0.05, 0) is 6.07 Å². The Hall–Kier alpha value is -1.71. The van der Waals surface area contributed by atoms with Gasteiger partial charge in [0.25, 0.3) is 0 Å². The molecule has 0 bridgehead atoms. The van der Waals surface area contributed by atoms with Crippen molar-refractivity contribution in [1.82, 2.24) is 9.97 Å². The van der Waals surface area contributed by atoms with E-state index in [0.717, 1.165) is 11.6 Å². The fourth-order valence-corrected chi connectivity index (χ4v) is 4.97. The second-order valence-corrected chi connectivity index (χ2v) is 9.11. The van der Waals surface area contributed by atoms with Crippen molar-refractivity contribution in [3.05, 3.63) is 82.5 Å². The molecule has 30 heavy (non-hydrogen) atoms. The number of hydrogen-bond donors (Lipinski definition) is 0. The Morgan fingerprint density at radius 3 is 2.53 bits per heavy atom. The number of ether oxygens (including phenoxy) is 2. The van der Waals surface area contributed by atoms with E-state index >= 15 is 0 Å². The Labute approximate surface area is 186 Å². The lowest BCUT2D eigenvalue weighted by Gasteiger charge is -2.29. The molecule has 0 N–H and O–H groups in total. The van der Waals surface area contributed by atoms with E-state index in [2.05, 4.69) is 9.97 Å². The van der Waals surface area contributed by atoms with E-state index in [1.165, 1.54) is 35.7 Å². The number of halogens is 3. The Balaban J connectivity index is 1.36. The molecule has 0 radical (unpaired) electrons. The Bertz CT molecular complexity index is 1010. The van der Waals surface area contributed by atoms with Crippen LogP contribution in [0.2, 0.25) is 5.15 Å². The molecular formula is C21H17ClF2N2O2S2. The number of hydrogen-bond acceptors (Lipinski definition) is 6. The Morgan fingerprint density at radius 1 is 1.00 bits per heavy atom. The summed E-state index contributed by atoms with van der Waals surface area (Å²) >= 11 is 8.81. The second kappa shape index (κ2) is 10.1. The predicted molar refractivity (Wildman–Crippen MR) is 114 cm³/mol. The predicted octanol–water partition coefficient (Wildman–Crippen LogP) is 5.91. The Morgan fingerprint density at radius 2 is 1.77 bits per heavy atom. The molecule has 1 saturated heterocycles. The smallest absolute Gasteiger partial charge is 0.190 e. The summed E-state index contributed by atoms with van der Waals surface area (Å²) in [6.07, 6.45) is -0.371. The zero-order valence-corrected chi connectivity index (χ0v) is 18.0. The SMILES string of the molecule is Fc1cccc(CSc2nc(Cl)cc(SC3COC(c4ccccc4)OC3)n2)c1F. The topological polar surface area (TPSA) is 44.2 Å². The van der Waals surface area contributed by atoms with Crippen LogP contribution in [0.3, 0.4) is 0 Å². The first-order valence-corrected chi connectivity index (χ1v) is 11.4. The first-order valence-electron chi connectivity index (χ1n) is 9.13. The van der Waals surface area contributed by atoms with Crippen LogP contribution in [0.4, 0.5) is 8.78 Å². The number of thioether (sulfide) groups is 2. The summed E-state index contributed by atoms with van der Waals surface area (Å²) in [6, 6.07) is 15.5. The lowest BCUT2D eigenvalue weighted by molar-refractivity contribution is -0.179. The molecule has 0 spiro atoms. The summed E-state index contributed by atoms with van der Waals surface area (Å²) in [4.78, 5) is 8.65. The third-order valence-corrected chi connectivity index (χ3v) is 6.41. The van der Waals surface area contributed by atoms with Crippen LogP contribution in [0.25, 0.3) is 0 Å². The lowest BCUT2D eigenvalue weighted by Crippen LogP contribution is -2.29. The minimum absolute atomic E-state index is 0.0504. The highest BCUT2D eigenvalue weighted by atomic mass is 35.5. The normalized spacial score (nSPS) is 19.0. The van der Waals surface area contributed by atoms with Crippen molar-refractivity contribution in [2.45, 2.75) is 27.5 Å². The van der Waals surface area contributed by atoms with Crippen LogP contribution < -0.4 is 0 Å². The van der Waals surface area contributed by atoms with Crippen molar-refractivity contribution < 1.29 is 18.3 Å². The maximum absolute atomic E-state index is 13.8. The largest absolute Gasteiger partial charge is 0.347 e. The first-order chi connectivity index (χ1) is 14.6. The number of benzene rings is 2. The maximum atomic E-state index is 13.8. The lowest BCUT2D eigenvalue weighted by atomic mass is 10.2. The van der Waals surface area contributed by atoms with E-state index in [1.54, 1.807) is 6.07 Å². The van der Waals surface area contributed by atoms with Crippen LogP contribution in [0, 0.1) is 11.6 Å². The van der Waals surface area contributed by atoms with Crippen LogP contribution in [0.5, 0.6) is 0 Å². The van der Waals surface area contributed by atoms with Crippen molar-refractivity contribution in [1.29, 1.82) is 0 Å². The molecule has 1 aromatic heterocycles. The van der Waals surface area contributed by atoms with Gasteiger partial charge in [-0.1, -0.05) is 77.6 Å². The monoisotopic (exact) mass is 466 g/mol. The minimum atomic E-state index is -0.873. The van der Waals surface area contributed by atoms with E-state index in [0.29, 0.717) is 23.4 Å². The zero-order chi connectivity index (χ0) is 20.9. The molecular weight excluding hydrogens is 450 g/mol. The standard InChI is InChI=1S/C21H17ClF2N2O2S2/c22-17-9-18(26-21(25-17)29-12-14-7-4-8-16(23)19(14)24)30-15-10-27-20(28-11-15)13-5-2-1-3-6-13/h1-9,15,20H,10-12H2. The van der Waals surface area contributed by atoms with Crippen LogP contribution in [0.1, 0.15) is 17.4 Å². The van der Waals surface area contributed by atoms with Gasteiger partial charge in [0.15, 0.2) is 23.1 Å². The van der Waals surface area contributed by atoms with Crippen LogP contribution in [-0.4, -0.2) is 28.4 Å². The molecule has 3 aromatic rings. The molecule has 1 aliphatic rings. The van der Waals surface area contributed by atoms with Gasteiger partial charge in [0, 0.05) is 22.9 Å². The molecule has 0 aliphatic carbocycles. The fraction of sp³-hybridized carbons (Fsp3) is 0.238. The molecule has 0 amide bonds. The van der Waals surface area contributed by atoms with E-state index in [-0.39, 0.29) is 28.0 Å². The summed E-state index contributed by atoms with van der Waals surface area (Å²) < 4.78 is 38.9. The van der Waals surface area contributed by atoms with Crippen molar-refractivity contribution in [2.75, 3.05) is 13.2 Å². The van der Waals surface area contributed by atoms with Gasteiger partial charge >= 0.3 is 0 Å². The molecule has 0 unspecified atom stereocenters. The molecule has 4 nitrogen and oxygen atoms in total. The average Bonchev–Trinajstić information content (AvgIpc) is 2.76. The van der Waals surface area contributed by atoms with Gasteiger partial charge < -0.3 is 9.47 Å². The third kappa shape index (κ3) is 5.50. The first kappa shape index (κ1) is 21.5. The molecule has 4 rings (SSSR count). The van der Waals surface area contributed by atoms with Crippen LogP contribution in [0.15, 0.2) is 64.8 Å². The number of rotatable bonds is 6. The van der Waals surface area contributed by atoms with Gasteiger partial charge in [-0.25, -0.2) is 18.7 Å². The van der Waals surface area contributed by atoms with Crippen LogP contribution in [-0.2, 0) is 15.2 Å². The highest BCUT2D eigenvalue weighted by molar-refractivity contribution is 8.00. The van der Waals surface area contributed by atoms with Gasteiger partial charge in [-0.15, -0.1) is 0 Å². The van der Waals surface area contributed by atoms with E-state index in [9.17, 15) is 8.78 Å². The molecule has 2 aromatic carbocycles. The highest BCUT2D eigenvalue weighted by Gasteiger charge is 2.25. The van der Waals surface area contributed by atoms with Crippen LogP contribution >= 0.6 is 35.1 Å². The molecule has 156 valence electrons. The van der Waals surface area contributed by atoms with Gasteiger partial charge in [-0.3, -0.25) is 0 Å². The molecule has 1 fully saturated rings. The Kier molecular flexibility index (Phi) is 7.22. The highest BCUT2D eigenvalue weighted by Crippen LogP contribution is 2.32. The molecule has 9 heteroatoms. The maximum Gasteiger partial charge on any atom is 0.190 e. The van der Waals surface area contributed by atoms with Gasteiger partial charge in [0.05, 0.1) is 18.5 Å². The minimum Gasteiger partial charge on any atom is -0.347 e. The molecule has 1 aliphatic heterocycles. The quantitative estimate of drug-likeness (QED) is 0.256. The van der Waals surface area contributed by atoms with E-state index in [1.807, 2.05) is 30.3 Å². The summed E-state index contributed by atoms with van der Waals surface area (Å²) in [7, 11) is 0. The molecule has 2 heterocycles. The summed E-state index contributed by atoms with van der Waals surface area (Å²) in [5, 5.41) is 1.41. The number of aromatic nitrogens is 2. The molecule has 0 atom stereocenters. The summed E-state index contributed by atoms with van der Waals surface area (Å²) in [6.45, 7) is 1.01. The summed E-state index contributed by atoms with van der Waals surface area (Å²) in [5.74, 6) is -1.53. The van der Waals surface area contributed by atoms with Gasteiger partial charge in [0.1, 0.15) is 10.2 Å². The van der Waals surface area contributed by atoms with E-state index in [4.69, 9.17) is 21.1 Å². The van der Waals surface area contributed by atoms with Crippen molar-refractivity contribution in [3.63, 3.8) is 0 Å². The van der Waals surface area contributed by atoms with Crippen molar-refractivity contribution in [3.8, 4) is 0 Å². The van der Waals surface area contributed by atoms with Gasteiger partial charge in [0.2, 0.25) is 0 Å². The van der Waals surface area contributed by atoms with Crippen molar-refractivity contribution >= 4 is 35.1 Å². The third-order valence-electron chi connectivity index (χ3n) is 4.27. The average molecular weight is 467 g/mol. The van der Waals surface area contributed by atoms with Gasteiger partial charge in [-0.2, -0.15) is 0 Å². The summed E-state index contributed by atoms with van der Waals surface area (Å²) in [5.41, 5.74) is 1.23. The zero-order valence-electron chi connectivity index (χ0n) is 15.6. The fourth-order valence-electron chi connectivity index (χ4n) is 2.83. The van der Waals surface area contributed by atoms with Crippen molar-refractivity contribution in [2.24, 2.45) is 0 Å². The molecule has 0 saturated carbocycles. The number of nitrogens with zero attached hydrogens (tertiary/aromatic N) is 2. The second-order valence-electron chi connectivity index (χ2n) is 6.46.